The average molecular weight is 388 g/mol. The van der Waals surface area contributed by atoms with Crippen LogP contribution in [0.3, 0.4) is 0 Å². The highest BCUT2D eigenvalue weighted by Gasteiger charge is 2.35. The zero-order chi connectivity index (χ0) is 18.9. The van der Waals surface area contributed by atoms with Crippen molar-refractivity contribution in [1.29, 1.82) is 0 Å². The molecule has 0 spiro atoms. The number of halogens is 2. The Morgan fingerprint density at radius 1 is 1.11 bits per heavy atom. The Bertz CT molecular complexity index is 961. The molecular weight excluding hydrogens is 369 g/mol. The van der Waals surface area contributed by atoms with Gasteiger partial charge in [0.15, 0.2) is 5.76 Å². The minimum atomic E-state index is -0.282. The first-order valence-electron chi connectivity index (χ1n) is 8.87. The maximum Gasteiger partial charge on any atom is 0.287 e. The number of ether oxygens (including phenoxy) is 1. The lowest BCUT2D eigenvalue weighted by Crippen LogP contribution is -2.44. The van der Waals surface area contributed by atoms with Gasteiger partial charge in [-0.1, -0.05) is 23.7 Å². The average Bonchev–Trinajstić information content (AvgIpc) is 3.10. The Balaban J connectivity index is 1.54. The predicted molar refractivity (Wildman–Crippen MR) is 102 cm³/mol. The number of hydrogen-bond acceptors (Lipinski definition) is 3. The van der Waals surface area contributed by atoms with Crippen LogP contribution in [0.1, 0.15) is 29.0 Å². The molecule has 0 atom stereocenters. The van der Waals surface area contributed by atoms with Gasteiger partial charge in [0.1, 0.15) is 11.4 Å². The van der Waals surface area contributed by atoms with Crippen LogP contribution in [0.4, 0.5) is 4.39 Å². The summed E-state index contributed by atoms with van der Waals surface area (Å²) < 4.78 is 24.5. The van der Waals surface area contributed by atoms with E-state index in [1.54, 1.807) is 36.4 Å². The van der Waals surface area contributed by atoms with E-state index < -0.39 is 0 Å². The molecule has 6 heteroatoms. The van der Waals surface area contributed by atoms with Crippen molar-refractivity contribution in [2.75, 3.05) is 19.8 Å². The van der Waals surface area contributed by atoms with Gasteiger partial charge in [-0.3, -0.25) is 4.79 Å². The number of benzene rings is 2. The summed E-state index contributed by atoms with van der Waals surface area (Å²) in [5, 5.41) is 4.36. The number of furan rings is 1. The molecule has 0 bridgehead atoms. The van der Waals surface area contributed by atoms with Crippen LogP contribution in [-0.4, -0.2) is 25.7 Å². The second kappa shape index (κ2) is 7.33. The number of hydrogen-bond donors (Lipinski definition) is 1. The van der Waals surface area contributed by atoms with E-state index in [1.165, 1.54) is 12.1 Å². The van der Waals surface area contributed by atoms with E-state index in [2.05, 4.69) is 5.32 Å². The van der Waals surface area contributed by atoms with Gasteiger partial charge >= 0.3 is 0 Å². The van der Waals surface area contributed by atoms with E-state index in [1.807, 2.05) is 0 Å². The summed E-state index contributed by atoms with van der Waals surface area (Å²) in [7, 11) is 0. The van der Waals surface area contributed by atoms with Gasteiger partial charge in [-0.15, -0.1) is 0 Å². The van der Waals surface area contributed by atoms with Crippen molar-refractivity contribution in [3.63, 3.8) is 0 Å². The van der Waals surface area contributed by atoms with Gasteiger partial charge in [-0.05, 0) is 54.8 Å². The van der Waals surface area contributed by atoms with E-state index >= 15 is 0 Å². The molecule has 1 aliphatic heterocycles. The second-order valence-electron chi connectivity index (χ2n) is 6.88. The van der Waals surface area contributed by atoms with E-state index in [9.17, 15) is 9.18 Å². The van der Waals surface area contributed by atoms with Crippen molar-refractivity contribution in [2.24, 2.45) is 0 Å². The zero-order valence-corrected chi connectivity index (χ0v) is 15.4. The fraction of sp³-hybridized carbons (Fsp3) is 0.286. The van der Waals surface area contributed by atoms with Crippen LogP contribution in [0.15, 0.2) is 52.9 Å². The van der Waals surface area contributed by atoms with E-state index in [0.29, 0.717) is 30.4 Å². The molecule has 1 aliphatic rings. The van der Waals surface area contributed by atoms with Crippen molar-refractivity contribution in [1.82, 2.24) is 5.32 Å². The smallest absolute Gasteiger partial charge is 0.287 e. The standard InChI is InChI=1S/C21H19ClFNO3/c22-16-3-6-18-14(11-16)12-19(27-18)20(25)24-13-21(7-9-26-10-8-21)15-1-4-17(23)5-2-15/h1-6,11-12H,7-10,13H2,(H,24,25). The SMILES string of the molecule is O=C(NCC1(c2ccc(F)cc2)CCOCC1)c1cc2cc(Cl)ccc2o1. The van der Waals surface area contributed by atoms with E-state index in [-0.39, 0.29) is 22.9 Å². The summed E-state index contributed by atoms with van der Waals surface area (Å²) in [6, 6.07) is 13.4. The summed E-state index contributed by atoms with van der Waals surface area (Å²) >= 11 is 5.99. The molecule has 1 saturated heterocycles. The zero-order valence-electron chi connectivity index (χ0n) is 14.6. The molecule has 27 heavy (non-hydrogen) atoms. The molecule has 0 aliphatic carbocycles. The maximum atomic E-state index is 13.3. The molecule has 0 saturated carbocycles. The topological polar surface area (TPSA) is 51.5 Å². The Hall–Kier alpha value is -2.37. The molecule has 2 heterocycles. The monoisotopic (exact) mass is 387 g/mol. The molecule has 1 aromatic heterocycles. The van der Waals surface area contributed by atoms with Gasteiger partial charge in [-0.2, -0.15) is 0 Å². The molecule has 140 valence electrons. The van der Waals surface area contributed by atoms with Crippen LogP contribution in [0.25, 0.3) is 11.0 Å². The molecule has 2 aromatic carbocycles. The van der Waals surface area contributed by atoms with Crippen LogP contribution in [0, 0.1) is 5.82 Å². The van der Waals surface area contributed by atoms with Gasteiger partial charge < -0.3 is 14.5 Å². The van der Waals surface area contributed by atoms with E-state index in [4.69, 9.17) is 20.8 Å². The summed E-state index contributed by atoms with van der Waals surface area (Å²) in [6.07, 6.45) is 1.52. The van der Waals surface area contributed by atoms with Crippen molar-refractivity contribution in [3.05, 3.63) is 70.7 Å². The Kier molecular flexibility index (Phi) is 4.89. The number of carbonyl (C=O) groups excluding carboxylic acids is 1. The fourth-order valence-corrected chi connectivity index (χ4v) is 3.78. The molecule has 1 N–H and O–H groups in total. The van der Waals surface area contributed by atoms with Gasteiger partial charge in [0, 0.05) is 35.6 Å². The van der Waals surface area contributed by atoms with E-state index in [0.717, 1.165) is 23.8 Å². The lowest BCUT2D eigenvalue weighted by molar-refractivity contribution is 0.0484. The normalized spacial score (nSPS) is 16.4. The quantitative estimate of drug-likeness (QED) is 0.705. The molecule has 1 amide bonds. The van der Waals surface area contributed by atoms with Crippen molar-refractivity contribution >= 4 is 28.5 Å². The fourth-order valence-electron chi connectivity index (χ4n) is 3.60. The third kappa shape index (κ3) is 3.70. The number of fused-ring (bicyclic) bond motifs is 1. The van der Waals surface area contributed by atoms with Gasteiger partial charge in [-0.25, -0.2) is 4.39 Å². The van der Waals surface area contributed by atoms with Crippen LogP contribution in [-0.2, 0) is 10.2 Å². The van der Waals surface area contributed by atoms with Crippen molar-refractivity contribution < 1.29 is 18.3 Å². The molecule has 4 nitrogen and oxygen atoms in total. The molecule has 0 radical (unpaired) electrons. The first-order chi connectivity index (χ1) is 13.1. The lowest BCUT2D eigenvalue weighted by atomic mass is 9.74. The molecule has 0 unspecified atom stereocenters. The molecule has 3 aromatic rings. The Morgan fingerprint density at radius 3 is 2.59 bits per heavy atom. The molecular formula is C21H19ClFNO3. The summed E-state index contributed by atoms with van der Waals surface area (Å²) in [6.45, 7) is 1.64. The Morgan fingerprint density at radius 2 is 1.85 bits per heavy atom. The van der Waals surface area contributed by atoms with Crippen molar-refractivity contribution in [3.8, 4) is 0 Å². The van der Waals surface area contributed by atoms with Crippen LogP contribution < -0.4 is 5.32 Å². The highest BCUT2D eigenvalue weighted by atomic mass is 35.5. The van der Waals surface area contributed by atoms with Gasteiger partial charge in [0.2, 0.25) is 0 Å². The first kappa shape index (κ1) is 18.0. The minimum absolute atomic E-state index is 0.244. The number of amides is 1. The van der Waals surface area contributed by atoms with Crippen LogP contribution >= 0.6 is 11.6 Å². The number of nitrogens with one attached hydrogen (secondary N) is 1. The summed E-state index contributed by atoms with van der Waals surface area (Å²) in [5.74, 6) is -0.310. The minimum Gasteiger partial charge on any atom is -0.451 e. The number of carbonyl (C=O) groups is 1. The maximum absolute atomic E-state index is 13.3. The molecule has 1 fully saturated rings. The third-order valence-electron chi connectivity index (χ3n) is 5.20. The highest BCUT2D eigenvalue weighted by Crippen LogP contribution is 2.34. The lowest BCUT2D eigenvalue weighted by Gasteiger charge is -2.37. The Labute approximate surface area is 161 Å². The highest BCUT2D eigenvalue weighted by molar-refractivity contribution is 6.31. The van der Waals surface area contributed by atoms with Crippen molar-refractivity contribution in [2.45, 2.75) is 18.3 Å². The van der Waals surface area contributed by atoms with Gasteiger partial charge in [0.25, 0.3) is 5.91 Å². The first-order valence-corrected chi connectivity index (χ1v) is 9.25. The van der Waals surface area contributed by atoms with Gasteiger partial charge in [0.05, 0.1) is 0 Å². The van der Waals surface area contributed by atoms with Crippen LogP contribution in [0.2, 0.25) is 5.02 Å². The summed E-state index contributed by atoms with van der Waals surface area (Å²) in [4.78, 5) is 12.6. The largest absolute Gasteiger partial charge is 0.451 e. The number of rotatable bonds is 4. The predicted octanol–water partition coefficient (Wildman–Crippen LogP) is 4.70. The second-order valence-corrected chi connectivity index (χ2v) is 7.31. The third-order valence-corrected chi connectivity index (χ3v) is 5.43. The summed E-state index contributed by atoms with van der Waals surface area (Å²) in [5.41, 5.74) is 1.34. The molecule has 4 rings (SSSR count). The van der Waals surface area contributed by atoms with Crippen LogP contribution in [0.5, 0.6) is 0 Å².